The van der Waals surface area contributed by atoms with Crippen LogP contribution in [0.4, 0.5) is 0 Å². The normalized spacial score (nSPS) is 21.3. The molecule has 2 saturated carbocycles. The highest BCUT2D eigenvalue weighted by Gasteiger charge is 2.35. The molecule has 2 aliphatic carbocycles. The zero-order valence-electron chi connectivity index (χ0n) is 23.3. The predicted octanol–water partition coefficient (Wildman–Crippen LogP) is 4.08. The number of H-pyrrole nitrogens is 1. The van der Waals surface area contributed by atoms with E-state index in [9.17, 15) is 4.79 Å². The Morgan fingerprint density at radius 2 is 1.49 bits per heavy atom. The predicted molar refractivity (Wildman–Crippen MR) is 149 cm³/mol. The van der Waals surface area contributed by atoms with E-state index in [0.29, 0.717) is 28.6 Å². The van der Waals surface area contributed by atoms with E-state index in [1.54, 1.807) is 14.2 Å². The number of nitrogens with one attached hydrogen (secondary N) is 1. The summed E-state index contributed by atoms with van der Waals surface area (Å²) in [6, 6.07) is 6.39. The number of rotatable bonds is 7. The number of benzene rings is 1. The molecular weight excluding hydrogens is 494 g/mol. The molecule has 1 saturated heterocycles. The Morgan fingerprint density at radius 3 is 2.15 bits per heavy atom. The van der Waals surface area contributed by atoms with Gasteiger partial charge in [0.15, 0.2) is 17.3 Å². The van der Waals surface area contributed by atoms with Gasteiger partial charge in [0.25, 0.3) is 5.56 Å². The summed E-state index contributed by atoms with van der Waals surface area (Å²) in [5.74, 6) is 2.00. The highest BCUT2D eigenvalue weighted by Crippen LogP contribution is 2.36. The van der Waals surface area contributed by atoms with Gasteiger partial charge in [0.2, 0.25) is 0 Å². The molecule has 0 bridgehead atoms. The van der Waals surface area contributed by atoms with E-state index < -0.39 is 0 Å². The zero-order chi connectivity index (χ0) is 26.8. The summed E-state index contributed by atoms with van der Waals surface area (Å²) in [5, 5.41) is 14.1. The maximum atomic E-state index is 13.7. The summed E-state index contributed by atoms with van der Waals surface area (Å²) in [6.07, 6.45) is 12.4. The second kappa shape index (κ2) is 11.6. The van der Waals surface area contributed by atoms with Crippen LogP contribution in [0.3, 0.4) is 0 Å². The molecule has 1 unspecified atom stereocenters. The number of aromatic amines is 1. The number of ether oxygens (including phenoxy) is 2. The molecule has 0 amide bonds. The van der Waals surface area contributed by atoms with Crippen molar-refractivity contribution in [1.29, 1.82) is 0 Å². The standard InChI is InChI=1S/C29H41N7O3/c1-38-25-18-20-17-23(29(37)30-24(20)19-26(25)39-2)27(28-31-32-33-36(28)22-11-7-4-8-12-22)35-15-13-34(14-16-35)21-9-5-3-6-10-21/h17-19,21-22,27H,3-16H2,1-2H3,(H,30,37). The number of nitrogens with zero attached hydrogens (tertiary/aromatic N) is 6. The topological polar surface area (TPSA) is 101 Å². The van der Waals surface area contributed by atoms with E-state index in [-0.39, 0.29) is 17.6 Å². The first-order valence-electron chi connectivity index (χ1n) is 14.7. The first-order chi connectivity index (χ1) is 19.2. The smallest absolute Gasteiger partial charge is 0.253 e. The molecule has 210 valence electrons. The summed E-state index contributed by atoms with van der Waals surface area (Å²) in [4.78, 5) is 21.9. The number of pyridine rings is 1. The lowest BCUT2D eigenvalue weighted by Crippen LogP contribution is -2.52. The van der Waals surface area contributed by atoms with E-state index in [0.717, 1.165) is 50.2 Å². The average molecular weight is 536 g/mol. The largest absolute Gasteiger partial charge is 0.493 e. The molecule has 1 aliphatic heterocycles. The maximum absolute atomic E-state index is 13.7. The summed E-state index contributed by atoms with van der Waals surface area (Å²) in [7, 11) is 3.23. The van der Waals surface area contributed by atoms with Crippen molar-refractivity contribution in [2.75, 3.05) is 40.4 Å². The fourth-order valence-electron chi connectivity index (χ4n) is 7.03. The van der Waals surface area contributed by atoms with Crippen LogP contribution >= 0.6 is 0 Å². The van der Waals surface area contributed by atoms with Gasteiger partial charge in [-0.05, 0) is 48.2 Å². The van der Waals surface area contributed by atoms with Crippen LogP contribution in [0.5, 0.6) is 11.5 Å². The van der Waals surface area contributed by atoms with Crippen molar-refractivity contribution in [3.8, 4) is 11.5 Å². The van der Waals surface area contributed by atoms with Crippen molar-refractivity contribution in [2.45, 2.75) is 82.3 Å². The van der Waals surface area contributed by atoms with Crippen LogP contribution in [0, 0.1) is 0 Å². The van der Waals surface area contributed by atoms with Crippen LogP contribution in [-0.4, -0.2) is 81.4 Å². The van der Waals surface area contributed by atoms with Gasteiger partial charge in [-0.3, -0.25) is 14.6 Å². The second-order valence-corrected chi connectivity index (χ2v) is 11.4. The highest BCUT2D eigenvalue weighted by atomic mass is 16.5. The maximum Gasteiger partial charge on any atom is 0.253 e. The van der Waals surface area contributed by atoms with Crippen LogP contribution in [0.1, 0.15) is 87.7 Å². The Labute approximate surface area is 229 Å². The molecule has 3 fully saturated rings. The number of hydrogen-bond acceptors (Lipinski definition) is 8. The molecule has 0 radical (unpaired) electrons. The second-order valence-electron chi connectivity index (χ2n) is 11.4. The minimum absolute atomic E-state index is 0.118. The van der Waals surface area contributed by atoms with Crippen molar-refractivity contribution in [2.24, 2.45) is 0 Å². The minimum Gasteiger partial charge on any atom is -0.493 e. The van der Waals surface area contributed by atoms with Crippen LogP contribution in [-0.2, 0) is 0 Å². The Bertz CT molecular complexity index is 1320. The molecule has 10 nitrogen and oxygen atoms in total. The van der Waals surface area contributed by atoms with Crippen molar-refractivity contribution in [3.05, 3.63) is 39.9 Å². The molecule has 3 aliphatic rings. The quantitative estimate of drug-likeness (QED) is 0.483. The highest BCUT2D eigenvalue weighted by molar-refractivity contribution is 5.83. The molecule has 6 rings (SSSR count). The lowest BCUT2D eigenvalue weighted by Gasteiger charge is -2.43. The Kier molecular flexibility index (Phi) is 7.83. The van der Waals surface area contributed by atoms with E-state index >= 15 is 0 Å². The molecule has 1 atom stereocenters. The molecule has 39 heavy (non-hydrogen) atoms. The van der Waals surface area contributed by atoms with Crippen LogP contribution in [0.2, 0.25) is 0 Å². The third kappa shape index (κ3) is 5.28. The van der Waals surface area contributed by atoms with Gasteiger partial charge < -0.3 is 14.5 Å². The third-order valence-electron chi connectivity index (χ3n) is 9.16. The number of piperazine rings is 1. The van der Waals surface area contributed by atoms with E-state index in [1.165, 1.54) is 51.4 Å². The summed E-state index contributed by atoms with van der Waals surface area (Å²) >= 11 is 0. The van der Waals surface area contributed by atoms with E-state index in [4.69, 9.17) is 9.47 Å². The zero-order valence-corrected chi connectivity index (χ0v) is 23.3. The summed E-state index contributed by atoms with van der Waals surface area (Å²) in [6.45, 7) is 3.76. The van der Waals surface area contributed by atoms with Crippen molar-refractivity contribution in [1.82, 2.24) is 35.0 Å². The van der Waals surface area contributed by atoms with E-state index in [2.05, 4.69) is 30.3 Å². The number of aromatic nitrogens is 5. The number of tetrazole rings is 1. The fourth-order valence-corrected chi connectivity index (χ4v) is 7.03. The van der Waals surface area contributed by atoms with Crippen molar-refractivity contribution < 1.29 is 9.47 Å². The SMILES string of the molecule is COc1cc2cc(C(c3nnnn3C3CCCCC3)N3CCN(C4CCCCC4)CC3)c(=O)[nH]c2cc1OC. The van der Waals surface area contributed by atoms with Crippen LogP contribution in [0.25, 0.3) is 10.9 Å². The molecule has 2 aromatic heterocycles. The van der Waals surface area contributed by atoms with Gasteiger partial charge in [0.05, 0.1) is 25.8 Å². The lowest BCUT2D eigenvalue weighted by molar-refractivity contribution is 0.0610. The molecule has 3 heterocycles. The number of methoxy groups -OCH3 is 2. The Hall–Kier alpha value is -2.98. The Balaban J connectivity index is 1.38. The lowest BCUT2D eigenvalue weighted by atomic mass is 9.93. The van der Waals surface area contributed by atoms with Crippen LogP contribution < -0.4 is 15.0 Å². The molecule has 0 spiro atoms. The molecule has 1 N–H and O–H groups in total. The summed E-state index contributed by atoms with van der Waals surface area (Å²) < 4.78 is 13.1. The third-order valence-corrected chi connectivity index (χ3v) is 9.16. The van der Waals surface area contributed by atoms with Crippen LogP contribution in [0.15, 0.2) is 23.0 Å². The van der Waals surface area contributed by atoms with Crippen molar-refractivity contribution in [3.63, 3.8) is 0 Å². The van der Waals surface area contributed by atoms with Gasteiger partial charge in [-0.1, -0.05) is 38.5 Å². The average Bonchev–Trinajstić information content (AvgIpc) is 3.47. The van der Waals surface area contributed by atoms with Gasteiger partial charge in [-0.2, -0.15) is 0 Å². The first-order valence-corrected chi connectivity index (χ1v) is 14.7. The molecule has 10 heteroatoms. The number of hydrogen-bond donors (Lipinski definition) is 1. The van der Waals surface area contributed by atoms with Gasteiger partial charge >= 0.3 is 0 Å². The van der Waals surface area contributed by atoms with Crippen molar-refractivity contribution >= 4 is 10.9 Å². The Morgan fingerprint density at radius 1 is 0.846 bits per heavy atom. The molecular formula is C29H41N7O3. The van der Waals surface area contributed by atoms with Gasteiger partial charge in [0.1, 0.15) is 6.04 Å². The van der Waals surface area contributed by atoms with Gasteiger partial charge in [-0.25, -0.2) is 4.68 Å². The first kappa shape index (κ1) is 26.3. The molecule has 3 aromatic rings. The summed E-state index contributed by atoms with van der Waals surface area (Å²) in [5.41, 5.74) is 1.27. The molecule has 1 aromatic carbocycles. The van der Waals surface area contributed by atoms with E-state index in [1.807, 2.05) is 22.9 Å². The minimum atomic E-state index is -0.323. The number of fused-ring (bicyclic) bond motifs is 1. The fraction of sp³-hybridized carbons (Fsp3) is 0.655. The monoisotopic (exact) mass is 535 g/mol. The van der Waals surface area contributed by atoms with Gasteiger partial charge in [-0.15, -0.1) is 5.10 Å². The van der Waals surface area contributed by atoms with Gasteiger partial charge in [0, 0.05) is 49.2 Å².